The van der Waals surface area contributed by atoms with Crippen LogP contribution >= 0.6 is 69.8 Å². The van der Waals surface area contributed by atoms with Gasteiger partial charge in [0.2, 0.25) is 11.8 Å². The topological polar surface area (TPSA) is 71.0 Å². The summed E-state index contributed by atoms with van der Waals surface area (Å²) >= 11 is 31.4. The number of hydrogen-bond acceptors (Lipinski definition) is 5. The van der Waals surface area contributed by atoms with Crippen LogP contribution in [0.2, 0.25) is 25.1 Å². The number of anilines is 1. The van der Waals surface area contributed by atoms with Gasteiger partial charge in [-0.3, -0.25) is 14.5 Å². The number of thioether (sulfide) groups is 1. The molecule has 3 rings (SSSR count). The first-order chi connectivity index (χ1) is 15.2. The van der Waals surface area contributed by atoms with Gasteiger partial charge in [0.1, 0.15) is 5.25 Å². The highest BCUT2D eigenvalue weighted by Crippen LogP contribution is 2.36. The largest absolute Gasteiger partial charge is 0.383 e. The van der Waals surface area contributed by atoms with Gasteiger partial charge in [-0.05, 0) is 30.3 Å². The van der Waals surface area contributed by atoms with Crippen molar-refractivity contribution in [1.82, 2.24) is 4.90 Å². The van der Waals surface area contributed by atoms with E-state index >= 15 is 0 Å². The third-order valence-corrected chi connectivity index (χ3v) is 7.07. The van der Waals surface area contributed by atoms with E-state index in [2.05, 4.69) is 10.3 Å². The summed E-state index contributed by atoms with van der Waals surface area (Å²) in [5, 5.41) is 3.98. The summed E-state index contributed by atoms with van der Waals surface area (Å²) in [6.07, 6.45) is -0.100. The lowest BCUT2D eigenvalue weighted by Gasteiger charge is -2.16. The molecule has 2 aromatic carbocycles. The van der Waals surface area contributed by atoms with Crippen LogP contribution in [-0.2, 0) is 14.3 Å². The zero-order chi connectivity index (χ0) is 23.4. The predicted octanol–water partition coefficient (Wildman–Crippen LogP) is 6.56. The quantitative estimate of drug-likeness (QED) is 0.393. The van der Waals surface area contributed by atoms with Gasteiger partial charge in [0.05, 0.1) is 44.6 Å². The van der Waals surface area contributed by atoms with Crippen LogP contribution in [0, 0.1) is 0 Å². The molecule has 0 bridgehead atoms. The molecule has 0 spiro atoms. The number of halogens is 5. The zero-order valence-electron chi connectivity index (χ0n) is 16.5. The van der Waals surface area contributed by atoms with Gasteiger partial charge < -0.3 is 10.1 Å². The Bertz CT molecular complexity index is 1080. The van der Waals surface area contributed by atoms with Crippen LogP contribution in [0.1, 0.15) is 6.42 Å². The molecule has 2 aromatic rings. The molecule has 6 nitrogen and oxygen atoms in total. The second-order valence-corrected chi connectivity index (χ2v) is 9.81. The summed E-state index contributed by atoms with van der Waals surface area (Å²) in [7, 11) is 1.53. The Labute approximate surface area is 214 Å². The minimum absolute atomic E-state index is 0.100. The number of nitrogens with one attached hydrogen (secondary N) is 1. The van der Waals surface area contributed by atoms with Crippen LogP contribution in [0.15, 0.2) is 35.3 Å². The highest BCUT2D eigenvalue weighted by molar-refractivity contribution is 8.15. The van der Waals surface area contributed by atoms with Gasteiger partial charge in [-0.1, -0.05) is 69.8 Å². The van der Waals surface area contributed by atoms with Gasteiger partial charge in [0.15, 0.2) is 5.17 Å². The van der Waals surface area contributed by atoms with E-state index in [0.29, 0.717) is 33.2 Å². The molecule has 1 saturated heterocycles. The van der Waals surface area contributed by atoms with Gasteiger partial charge in [-0.15, -0.1) is 0 Å². The number of aliphatic imine (C=N–C) groups is 1. The number of rotatable bonds is 7. The van der Waals surface area contributed by atoms with E-state index < -0.39 is 11.2 Å². The Morgan fingerprint density at radius 2 is 1.81 bits per heavy atom. The van der Waals surface area contributed by atoms with E-state index in [1.165, 1.54) is 35.9 Å². The average molecular weight is 556 g/mol. The summed E-state index contributed by atoms with van der Waals surface area (Å²) in [5.74, 6) is -0.667. The summed E-state index contributed by atoms with van der Waals surface area (Å²) in [6, 6.07) is 7.76. The van der Waals surface area contributed by atoms with Crippen molar-refractivity contribution >= 4 is 98.1 Å². The maximum absolute atomic E-state index is 13.0. The monoisotopic (exact) mass is 553 g/mol. The average Bonchev–Trinajstić information content (AvgIpc) is 3.00. The fourth-order valence-electron chi connectivity index (χ4n) is 2.78. The number of nitrogens with zero attached hydrogens (tertiary/aromatic N) is 2. The van der Waals surface area contributed by atoms with Gasteiger partial charge in [-0.25, -0.2) is 4.99 Å². The van der Waals surface area contributed by atoms with E-state index in [-0.39, 0.29) is 33.9 Å². The van der Waals surface area contributed by atoms with Crippen molar-refractivity contribution in [1.29, 1.82) is 0 Å². The number of carbonyl (C=O) groups is 2. The first-order valence-corrected chi connectivity index (χ1v) is 11.9. The number of benzene rings is 2. The molecule has 12 heteroatoms. The van der Waals surface area contributed by atoms with Crippen molar-refractivity contribution < 1.29 is 14.3 Å². The minimum Gasteiger partial charge on any atom is -0.383 e. The second-order valence-electron chi connectivity index (χ2n) is 6.58. The third kappa shape index (κ3) is 6.23. The number of ether oxygens (including phenoxy) is 1. The smallest absolute Gasteiger partial charge is 0.242 e. The Balaban J connectivity index is 1.78. The molecular weight excluding hydrogens is 540 g/mol. The highest BCUT2D eigenvalue weighted by Gasteiger charge is 2.39. The fourth-order valence-corrected chi connectivity index (χ4v) is 5.00. The molecule has 1 N–H and O–H groups in total. The molecule has 0 saturated carbocycles. The lowest BCUT2D eigenvalue weighted by molar-refractivity contribution is -0.128. The van der Waals surface area contributed by atoms with Crippen molar-refractivity contribution in [2.75, 3.05) is 25.6 Å². The van der Waals surface area contributed by atoms with Crippen LogP contribution in [0.4, 0.5) is 11.4 Å². The molecule has 0 unspecified atom stereocenters. The lowest BCUT2D eigenvalue weighted by atomic mass is 10.2. The number of hydrogen-bond donors (Lipinski definition) is 1. The van der Waals surface area contributed by atoms with Crippen molar-refractivity contribution in [3.8, 4) is 0 Å². The third-order valence-electron chi connectivity index (χ3n) is 4.32. The predicted molar refractivity (Wildman–Crippen MR) is 133 cm³/mol. The number of amidine groups is 1. The maximum Gasteiger partial charge on any atom is 0.242 e. The number of amides is 2. The highest BCUT2D eigenvalue weighted by atomic mass is 35.5. The van der Waals surface area contributed by atoms with Crippen LogP contribution in [0.25, 0.3) is 0 Å². The van der Waals surface area contributed by atoms with Crippen LogP contribution in [0.3, 0.4) is 0 Å². The van der Waals surface area contributed by atoms with E-state index in [9.17, 15) is 9.59 Å². The minimum atomic E-state index is -0.682. The summed E-state index contributed by atoms with van der Waals surface area (Å²) in [6.45, 7) is 0.584. The molecule has 1 aliphatic rings. The van der Waals surface area contributed by atoms with Crippen molar-refractivity contribution in [3.05, 3.63) is 55.4 Å². The standard InChI is InChI=1S/C20H16Cl5N3O3S/c1-31-5-4-28-19(30)17(32-20(28)27-15-3-2-10(21)6-13(15)24)9-18(29)26-16-8-12(23)11(22)7-14(16)25/h2-3,6-8,17H,4-5,9H2,1H3,(H,26,29)/t17-/m0/s1. The van der Waals surface area contributed by atoms with Gasteiger partial charge >= 0.3 is 0 Å². The molecule has 170 valence electrons. The number of methoxy groups -OCH3 is 1. The Hall–Kier alpha value is -1.19. The van der Waals surface area contributed by atoms with Crippen LogP contribution < -0.4 is 5.32 Å². The zero-order valence-corrected chi connectivity index (χ0v) is 21.1. The lowest BCUT2D eigenvalue weighted by Crippen LogP contribution is -2.35. The molecule has 0 aliphatic carbocycles. The van der Waals surface area contributed by atoms with Crippen molar-refractivity contribution in [3.63, 3.8) is 0 Å². The van der Waals surface area contributed by atoms with E-state index in [1.54, 1.807) is 18.2 Å². The molecule has 1 heterocycles. The molecule has 1 aliphatic heterocycles. The summed E-state index contributed by atoms with van der Waals surface area (Å²) in [5.41, 5.74) is 0.765. The van der Waals surface area contributed by atoms with E-state index in [4.69, 9.17) is 62.7 Å². The van der Waals surface area contributed by atoms with E-state index in [0.717, 1.165) is 0 Å². The Morgan fingerprint density at radius 1 is 1.09 bits per heavy atom. The van der Waals surface area contributed by atoms with E-state index in [1.807, 2.05) is 0 Å². The summed E-state index contributed by atoms with van der Waals surface area (Å²) < 4.78 is 5.10. The first kappa shape index (κ1) is 25.4. The molecule has 1 fully saturated rings. The molecule has 1 atom stereocenters. The van der Waals surface area contributed by atoms with Gasteiger partial charge in [-0.2, -0.15) is 0 Å². The van der Waals surface area contributed by atoms with Crippen molar-refractivity contribution in [2.45, 2.75) is 11.7 Å². The molecule has 0 aromatic heterocycles. The number of carbonyl (C=O) groups excluding carboxylic acids is 2. The Morgan fingerprint density at radius 3 is 2.50 bits per heavy atom. The van der Waals surface area contributed by atoms with Gasteiger partial charge in [0, 0.05) is 18.6 Å². The van der Waals surface area contributed by atoms with Crippen LogP contribution in [0.5, 0.6) is 0 Å². The SMILES string of the molecule is COCCN1C(=O)[C@H](CC(=O)Nc2cc(Cl)c(Cl)cc2Cl)SC1=Nc1ccc(Cl)cc1Cl. The summed E-state index contributed by atoms with van der Waals surface area (Å²) in [4.78, 5) is 31.6. The van der Waals surface area contributed by atoms with Crippen LogP contribution in [-0.4, -0.2) is 47.4 Å². The normalized spacial score (nSPS) is 17.3. The second kappa shape index (κ2) is 11.3. The molecule has 32 heavy (non-hydrogen) atoms. The molecule has 2 amide bonds. The maximum atomic E-state index is 13.0. The van der Waals surface area contributed by atoms with Crippen molar-refractivity contribution in [2.24, 2.45) is 4.99 Å². The Kier molecular flexibility index (Phi) is 8.97. The molecule has 0 radical (unpaired) electrons. The van der Waals surface area contributed by atoms with Gasteiger partial charge in [0.25, 0.3) is 0 Å². The molecular formula is C20H16Cl5N3O3S. The fraction of sp³-hybridized carbons (Fsp3) is 0.250. The first-order valence-electron chi connectivity index (χ1n) is 9.14.